The molecule has 0 radical (unpaired) electrons. The molecule has 0 aliphatic heterocycles. The lowest BCUT2D eigenvalue weighted by Gasteiger charge is -2.30. The molecule has 0 aromatic heterocycles. The van der Waals surface area contributed by atoms with Crippen molar-refractivity contribution in [2.24, 2.45) is 11.8 Å². The monoisotopic (exact) mass is 176 g/mol. The van der Waals surface area contributed by atoms with E-state index in [-0.39, 0.29) is 0 Å². The summed E-state index contributed by atoms with van der Waals surface area (Å²) in [6, 6.07) is 0. The highest BCUT2D eigenvalue weighted by Gasteiger charge is 2.23. The molecule has 1 saturated carbocycles. The van der Waals surface area contributed by atoms with Crippen molar-refractivity contribution in [2.75, 3.05) is 0 Å². The fourth-order valence-corrected chi connectivity index (χ4v) is 2.16. The predicted octanol–water partition coefficient (Wildman–Crippen LogP) is 4.11. The van der Waals surface area contributed by atoms with Crippen molar-refractivity contribution in [1.82, 2.24) is 0 Å². The van der Waals surface area contributed by atoms with Crippen molar-refractivity contribution in [3.8, 4) is 0 Å². The summed E-state index contributed by atoms with van der Waals surface area (Å²) < 4.78 is 0. The summed E-state index contributed by atoms with van der Waals surface area (Å²) >= 11 is 0. The number of allylic oxidation sites excluding steroid dienone is 4. The molecule has 1 rings (SSSR count). The van der Waals surface area contributed by atoms with Crippen LogP contribution in [0.4, 0.5) is 0 Å². The molecule has 2 atom stereocenters. The second-order valence-electron chi connectivity index (χ2n) is 4.02. The smallest absolute Gasteiger partial charge is 0.00204 e. The summed E-state index contributed by atoms with van der Waals surface area (Å²) in [6.45, 7) is 12.2. The highest BCUT2D eigenvalue weighted by molar-refractivity contribution is 5.17. The van der Waals surface area contributed by atoms with Crippen molar-refractivity contribution in [3.63, 3.8) is 0 Å². The van der Waals surface area contributed by atoms with Crippen LogP contribution < -0.4 is 0 Å². The van der Waals surface area contributed by atoms with E-state index in [0.29, 0.717) is 11.8 Å². The topological polar surface area (TPSA) is 0 Å². The van der Waals surface area contributed by atoms with Crippen molar-refractivity contribution in [2.45, 2.75) is 33.1 Å². The van der Waals surface area contributed by atoms with Crippen LogP contribution in [0.2, 0.25) is 0 Å². The summed E-state index contributed by atoms with van der Waals surface area (Å²) in [7, 11) is 0. The van der Waals surface area contributed by atoms with Gasteiger partial charge < -0.3 is 0 Å². The Labute approximate surface area is 82.0 Å². The molecule has 0 nitrogen and oxygen atoms in total. The third kappa shape index (κ3) is 2.33. The molecular formula is C13H20. The van der Waals surface area contributed by atoms with Crippen molar-refractivity contribution < 1.29 is 0 Å². The molecule has 0 aromatic rings. The molecule has 1 aliphatic carbocycles. The molecule has 0 unspecified atom stereocenters. The van der Waals surface area contributed by atoms with Gasteiger partial charge in [-0.15, -0.1) is 6.58 Å². The van der Waals surface area contributed by atoms with Crippen LogP contribution in [0.15, 0.2) is 36.5 Å². The molecular weight excluding hydrogens is 156 g/mol. The van der Waals surface area contributed by atoms with Gasteiger partial charge >= 0.3 is 0 Å². The summed E-state index contributed by atoms with van der Waals surface area (Å²) in [6.07, 6.45) is 8.06. The second kappa shape index (κ2) is 4.45. The molecule has 0 spiro atoms. The van der Waals surface area contributed by atoms with Gasteiger partial charge in [-0.05, 0) is 44.9 Å². The van der Waals surface area contributed by atoms with Gasteiger partial charge in [0.05, 0.1) is 0 Å². The standard InChI is InChI=1S/C13H20/c1-5-11-7-8-13(10(3)4)9-12(11)6-2/h5-6,12-13H,2-3,7-9H2,1,4H3/b11-5-/t12-,13-/m1/s1. The van der Waals surface area contributed by atoms with Crippen LogP contribution in [0.5, 0.6) is 0 Å². The number of rotatable bonds is 2. The van der Waals surface area contributed by atoms with E-state index in [1.165, 1.54) is 24.8 Å². The van der Waals surface area contributed by atoms with E-state index in [0.717, 1.165) is 0 Å². The first-order chi connectivity index (χ1) is 6.19. The second-order valence-corrected chi connectivity index (χ2v) is 4.02. The van der Waals surface area contributed by atoms with E-state index in [4.69, 9.17) is 0 Å². The minimum absolute atomic E-state index is 0.598. The molecule has 72 valence electrons. The van der Waals surface area contributed by atoms with Gasteiger partial charge in [-0.1, -0.05) is 29.9 Å². The summed E-state index contributed by atoms with van der Waals surface area (Å²) in [5.74, 6) is 1.31. The Hall–Kier alpha value is -0.780. The first kappa shape index (κ1) is 10.3. The van der Waals surface area contributed by atoms with Crippen LogP contribution in [0, 0.1) is 11.8 Å². The van der Waals surface area contributed by atoms with E-state index in [9.17, 15) is 0 Å². The Morgan fingerprint density at radius 3 is 2.69 bits per heavy atom. The van der Waals surface area contributed by atoms with E-state index in [1.54, 1.807) is 5.57 Å². The average molecular weight is 176 g/mol. The van der Waals surface area contributed by atoms with Crippen LogP contribution in [0.3, 0.4) is 0 Å². The third-order valence-corrected chi connectivity index (χ3v) is 3.15. The highest BCUT2D eigenvalue weighted by Crippen LogP contribution is 2.36. The van der Waals surface area contributed by atoms with Crippen molar-refractivity contribution >= 4 is 0 Å². The fraction of sp³-hybridized carbons (Fsp3) is 0.538. The van der Waals surface area contributed by atoms with Crippen LogP contribution in [0.1, 0.15) is 33.1 Å². The van der Waals surface area contributed by atoms with Crippen LogP contribution in [-0.2, 0) is 0 Å². The molecule has 13 heavy (non-hydrogen) atoms. The van der Waals surface area contributed by atoms with Crippen LogP contribution >= 0.6 is 0 Å². The Bertz CT molecular complexity index is 232. The Morgan fingerprint density at radius 2 is 2.23 bits per heavy atom. The van der Waals surface area contributed by atoms with Gasteiger partial charge in [-0.3, -0.25) is 0 Å². The summed E-state index contributed by atoms with van der Waals surface area (Å²) in [5, 5.41) is 0. The SMILES string of the molecule is C=C[C@@H]1C[C@H](C(=C)C)CC/C1=C/C. The molecule has 0 saturated heterocycles. The number of hydrogen-bond acceptors (Lipinski definition) is 0. The molecule has 0 heterocycles. The predicted molar refractivity (Wildman–Crippen MR) is 59.6 cm³/mol. The zero-order chi connectivity index (χ0) is 9.84. The molecule has 0 N–H and O–H groups in total. The average Bonchev–Trinajstić information content (AvgIpc) is 2.16. The maximum absolute atomic E-state index is 4.04. The Morgan fingerprint density at radius 1 is 1.54 bits per heavy atom. The van der Waals surface area contributed by atoms with E-state index in [2.05, 4.69) is 39.2 Å². The van der Waals surface area contributed by atoms with Gasteiger partial charge in [-0.25, -0.2) is 0 Å². The largest absolute Gasteiger partial charge is 0.102 e. The molecule has 1 aliphatic rings. The van der Waals surface area contributed by atoms with Crippen LogP contribution in [-0.4, -0.2) is 0 Å². The van der Waals surface area contributed by atoms with Crippen molar-refractivity contribution in [1.29, 1.82) is 0 Å². The zero-order valence-corrected chi connectivity index (χ0v) is 8.84. The van der Waals surface area contributed by atoms with E-state index in [1.807, 2.05) is 0 Å². The maximum atomic E-state index is 4.04. The third-order valence-electron chi connectivity index (χ3n) is 3.15. The minimum atomic E-state index is 0.598. The summed E-state index contributed by atoms with van der Waals surface area (Å²) in [4.78, 5) is 0. The lowest BCUT2D eigenvalue weighted by Crippen LogP contribution is -2.16. The fourth-order valence-electron chi connectivity index (χ4n) is 2.16. The van der Waals surface area contributed by atoms with Gasteiger partial charge in [0.25, 0.3) is 0 Å². The lowest BCUT2D eigenvalue weighted by atomic mass is 9.75. The quantitative estimate of drug-likeness (QED) is 0.555. The normalized spacial score (nSPS) is 31.7. The summed E-state index contributed by atoms with van der Waals surface area (Å²) in [5.41, 5.74) is 2.90. The number of hydrogen-bond donors (Lipinski definition) is 0. The van der Waals surface area contributed by atoms with Gasteiger partial charge in [-0.2, -0.15) is 0 Å². The molecule has 1 fully saturated rings. The molecule has 0 aromatic carbocycles. The first-order valence-corrected chi connectivity index (χ1v) is 5.12. The zero-order valence-electron chi connectivity index (χ0n) is 8.84. The molecule has 0 bridgehead atoms. The highest BCUT2D eigenvalue weighted by atomic mass is 14.3. The van der Waals surface area contributed by atoms with Gasteiger partial charge in [0.15, 0.2) is 0 Å². The molecule has 0 heteroatoms. The van der Waals surface area contributed by atoms with Crippen LogP contribution in [0.25, 0.3) is 0 Å². The van der Waals surface area contributed by atoms with Gasteiger partial charge in [0.2, 0.25) is 0 Å². The molecule has 0 amide bonds. The minimum Gasteiger partial charge on any atom is -0.102 e. The van der Waals surface area contributed by atoms with E-state index < -0.39 is 0 Å². The Balaban J connectivity index is 2.68. The van der Waals surface area contributed by atoms with Gasteiger partial charge in [0, 0.05) is 0 Å². The van der Waals surface area contributed by atoms with Crippen molar-refractivity contribution in [3.05, 3.63) is 36.5 Å². The van der Waals surface area contributed by atoms with Gasteiger partial charge in [0.1, 0.15) is 0 Å². The maximum Gasteiger partial charge on any atom is -0.00204 e. The Kier molecular flexibility index (Phi) is 3.53. The lowest BCUT2D eigenvalue weighted by molar-refractivity contribution is 0.412. The first-order valence-electron chi connectivity index (χ1n) is 5.12. The van der Waals surface area contributed by atoms with E-state index >= 15 is 0 Å².